The van der Waals surface area contributed by atoms with E-state index in [0.29, 0.717) is 4.91 Å². The van der Waals surface area contributed by atoms with E-state index in [1.54, 1.807) is 0 Å². The first-order valence-corrected chi connectivity index (χ1v) is 11.7. The molecule has 1 aliphatic rings. The quantitative estimate of drug-likeness (QED) is 0.325. The minimum Gasteiger partial charge on any atom is -0.342 e. The summed E-state index contributed by atoms with van der Waals surface area (Å²) in [6.07, 6.45) is 4.69. The number of fused-ring (bicyclic) bond motifs is 2. The van der Waals surface area contributed by atoms with Crippen LogP contribution in [0.3, 0.4) is 0 Å². The second kappa shape index (κ2) is 8.32. The van der Waals surface area contributed by atoms with E-state index in [4.69, 9.17) is 0 Å². The highest BCUT2D eigenvalue weighted by atomic mass is 32.2. The Morgan fingerprint density at radius 2 is 1.72 bits per heavy atom. The Morgan fingerprint density at radius 1 is 0.969 bits per heavy atom. The van der Waals surface area contributed by atoms with E-state index in [-0.39, 0.29) is 17.2 Å². The molecule has 0 N–H and O–H groups in total. The van der Waals surface area contributed by atoms with Crippen molar-refractivity contribution in [2.24, 2.45) is 0 Å². The topological polar surface area (TPSA) is 42.3 Å². The molecule has 1 atom stereocenters. The largest absolute Gasteiger partial charge is 0.342 e. The molecule has 0 spiro atoms. The number of carbonyl (C=O) groups is 2. The molecule has 32 heavy (non-hydrogen) atoms. The number of imide groups is 1. The van der Waals surface area contributed by atoms with E-state index in [2.05, 4.69) is 65.4 Å². The van der Waals surface area contributed by atoms with Crippen LogP contribution in [-0.2, 0) is 11.3 Å². The van der Waals surface area contributed by atoms with Crippen molar-refractivity contribution in [2.45, 2.75) is 32.9 Å². The first-order valence-electron chi connectivity index (χ1n) is 10.9. The molecule has 0 unspecified atom stereocenters. The van der Waals surface area contributed by atoms with E-state index in [9.17, 15) is 9.59 Å². The minimum absolute atomic E-state index is 0.0948. The molecule has 4 aromatic rings. The van der Waals surface area contributed by atoms with Gasteiger partial charge in [-0.3, -0.25) is 14.5 Å². The van der Waals surface area contributed by atoms with Gasteiger partial charge in [0.1, 0.15) is 0 Å². The van der Waals surface area contributed by atoms with Gasteiger partial charge in [-0.15, -0.1) is 0 Å². The number of benzene rings is 3. The summed E-state index contributed by atoms with van der Waals surface area (Å²) in [5, 5.41) is 3.34. The molecule has 160 valence electrons. The van der Waals surface area contributed by atoms with Crippen molar-refractivity contribution in [3.63, 3.8) is 0 Å². The molecule has 0 saturated carbocycles. The van der Waals surface area contributed by atoms with Gasteiger partial charge in [-0.1, -0.05) is 61.5 Å². The molecule has 4 nitrogen and oxygen atoms in total. The first kappa shape index (κ1) is 20.6. The Balaban J connectivity index is 1.52. The average molecular weight is 441 g/mol. The SMILES string of the molecule is CC[C@H](C)N1C(=O)S/C(=C/c2cn(Cc3ccc4ccccc4c3)c3ccccc23)C1=O. The molecule has 1 fully saturated rings. The highest BCUT2D eigenvalue weighted by molar-refractivity contribution is 8.18. The van der Waals surface area contributed by atoms with Crippen molar-refractivity contribution < 1.29 is 9.59 Å². The number of rotatable bonds is 5. The molecule has 1 aromatic heterocycles. The highest BCUT2D eigenvalue weighted by Crippen LogP contribution is 2.35. The van der Waals surface area contributed by atoms with Crippen LogP contribution in [-0.4, -0.2) is 26.7 Å². The molecule has 0 bridgehead atoms. The van der Waals surface area contributed by atoms with Gasteiger partial charge in [0, 0.05) is 35.2 Å². The predicted octanol–water partition coefficient (Wildman–Crippen LogP) is 6.68. The van der Waals surface area contributed by atoms with Gasteiger partial charge >= 0.3 is 0 Å². The van der Waals surface area contributed by atoms with Gasteiger partial charge in [-0.2, -0.15) is 0 Å². The molecule has 5 heteroatoms. The third-order valence-corrected chi connectivity index (χ3v) is 7.01. The number of thioether (sulfide) groups is 1. The molecule has 1 aliphatic heterocycles. The molecular weight excluding hydrogens is 416 g/mol. The van der Waals surface area contributed by atoms with Crippen LogP contribution < -0.4 is 0 Å². The summed E-state index contributed by atoms with van der Waals surface area (Å²) in [7, 11) is 0. The van der Waals surface area contributed by atoms with Gasteiger partial charge in [0.2, 0.25) is 0 Å². The molecule has 0 radical (unpaired) electrons. The van der Waals surface area contributed by atoms with E-state index in [1.807, 2.05) is 32.1 Å². The zero-order valence-electron chi connectivity index (χ0n) is 18.1. The standard InChI is InChI=1S/C27H24N2O2S/c1-3-18(2)29-26(30)25(32-27(29)31)15-22-17-28(24-11-7-6-10-23(22)24)16-19-12-13-20-8-4-5-9-21(20)14-19/h4-15,17-18H,3,16H2,1-2H3/b25-15+/t18-/m0/s1. The number of carbonyl (C=O) groups excluding carboxylic acids is 2. The highest BCUT2D eigenvalue weighted by Gasteiger charge is 2.37. The van der Waals surface area contributed by atoms with Crippen LogP contribution in [0.2, 0.25) is 0 Å². The maximum atomic E-state index is 12.9. The number of aromatic nitrogens is 1. The average Bonchev–Trinajstić information content (AvgIpc) is 3.29. The molecule has 1 saturated heterocycles. The number of amides is 2. The lowest BCUT2D eigenvalue weighted by Crippen LogP contribution is -2.36. The zero-order valence-corrected chi connectivity index (χ0v) is 18.9. The van der Waals surface area contributed by atoms with E-state index < -0.39 is 0 Å². The lowest BCUT2D eigenvalue weighted by Gasteiger charge is -2.19. The minimum atomic E-state index is -0.194. The summed E-state index contributed by atoms with van der Waals surface area (Å²) in [6.45, 7) is 4.63. The van der Waals surface area contributed by atoms with Crippen molar-refractivity contribution in [3.8, 4) is 0 Å². The number of para-hydroxylation sites is 1. The van der Waals surface area contributed by atoms with Gasteiger partial charge in [-0.05, 0) is 59.7 Å². The molecule has 2 heterocycles. The summed E-state index contributed by atoms with van der Waals surface area (Å²) < 4.78 is 2.21. The summed E-state index contributed by atoms with van der Waals surface area (Å²) in [5.41, 5.74) is 3.28. The fourth-order valence-corrected chi connectivity index (χ4v) is 5.16. The maximum absolute atomic E-state index is 12.9. The fourth-order valence-electron chi connectivity index (χ4n) is 4.24. The fraction of sp³-hybridized carbons (Fsp3) is 0.185. The molecule has 3 aromatic carbocycles. The molecule has 0 aliphatic carbocycles. The zero-order chi connectivity index (χ0) is 22.2. The van der Waals surface area contributed by atoms with Crippen LogP contribution in [0.25, 0.3) is 27.8 Å². The van der Waals surface area contributed by atoms with E-state index in [0.717, 1.165) is 41.2 Å². The van der Waals surface area contributed by atoms with Gasteiger partial charge in [0.25, 0.3) is 11.1 Å². The lowest BCUT2D eigenvalue weighted by atomic mass is 10.1. The van der Waals surface area contributed by atoms with Gasteiger partial charge in [0.15, 0.2) is 0 Å². The Bertz CT molecular complexity index is 1380. The molecule has 5 rings (SSSR count). The number of hydrogen-bond acceptors (Lipinski definition) is 3. The second-order valence-corrected chi connectivity index (χ2v) is 9.21. The smallest absolute Gasteiger partial charge is 0.293 e. The van der Waals surface area contributed by atoms with Gasteiger partial charge in [0.05, 0.1) is 4.91 Å². The summed E-state index contributed by atoms with van der Waals surface area (Å²) in [4.78, 5) is 27.2. The normalized spacial score (nSPS) is 16.6. The number of nitrogens with zero attached hydrogens (tertiary/aromatic N) is 2. The van der Waals surface area contributed by atoms with E-state index >= 15 is 0 Å². The Kier molecular flexibility index (Phi) is 5.35. The van der Waals surface area contributed by atoms with Crippen LogP contribution in [0.15, 0.2) is 77.8 Å². The van der Waals surface area contributed by atoms with Crippen molar-refractivity contribution in [3.05, 3.63) is 89.0 Å². The summed E-state index contributed by atoms with van der Waals surface area (Å²) in [5.74, 6) is -0.194. The number of hydrogen-bond donors (Lipinski definition) is 0. The second-order valence-electron chi connectivity index (χ2n) is 8.22. The molecule has 2 amide bonds. The Labute approximate surface area is 191 Å². The first-order chi connectivity index (χ1) is 15.5. The van der Waals surface area contributed by atoms with Crippen molar-refractivity contribution in [2.75, 3.05) is 0 Å². The summed E-state index contributed by atoms with van der Waals surface area (Å²) >= 11 is 1.03. The van der Waals surface area contributed by atoms with Crippen LogP contribution >= 0.6 is 11.8 Å². The monoisotopic (exact) mass is 440 g/mol. The van der Waals surface area contributed by atoms with Gasteiger partial charge in [-0.25, -0.2) is 0 Å². The van der Waals surface area contributed by atoms with Gasteiger partial charge < -0.3 is 4.57 Å². The third kappa shape index (κ3) is 3.63. The van der Waals surface area contributed by atoms with Crippen LogP contribution in [0.5, 0.6) is 0 Å². The third-order valence-electron chi connectivity index (χ3n) is 6.13. The Morgan fingerprint density at radius 3 is 2.53 bits per heavy atom. The lowest BCUT2D eigenvalue weighted by molar-refractivity contribution is -0.124. The Hall–Kier alpha value is -3.31. The van der Waals surface area contributed by atoms with E-state index in [1.165, 1.54) is 21.2 Å². The van der Waals surface area contributed by atoms with Crippen molar-refractivity contribution >= 4 is 50.7 Å². The maximum Gasteiger partial charge on any atom is 0.293 e. The van der Waals surface area contributed by atoms with Crippen LogP contribution in [0.1, 0.15) is 31.4 Å². The predicted molar refractivity (Wildman–Crippen MR) is 133 cm³/mol. The summed E-state index contributed by atoms with van der Waals surface area (Å²) in [6, 6.07) is 23.0. The van der Waals surface area contributed by atoms with Crippen LogP contribution in [0.4, 0.5) is 4.79 Å². The molecular formula is C27H24N2O2S. The van der Waals surface area contributed by atoms with Crippen molar-refractivity contribution in [1.29, 1.82) is 0 Å². The van der Waals surface area contributed by atoms with Crippen molar-refractivity contribution in [1.82, 2.24) is 9.47 Å². The van der Waals surface area contributed by atoms with Crippen LogP contribution in [0, 0.1) is 0 Å².